The van der Waals surface area contributed by atoms with Crippen molar-refractivity contribution in [2.75, 3.05) is 32.2 Å². The van der Waals surface area contributed by atoms with Crippen LogP contribution in [0.15, 0.2) is 18.2 Å². The van der Waals surface area contributed by atoms with Crippen molar-refractivity contribution in [3.05, 3.63) is 23.8 Å². The molecule has 2 atom stereocenters. The maximum Gasteiger partial charge on any atom is 0.125 e. The average Bonchev–Trinajstić information content (AvgIpc) is 2.99. The van der Waals surface area contributed by atoms with Crippen LogP contribution in [0.1, 0.15) is 44.2 Å². The maximum absolute atomic E-state index is 9.10. The average molecular weight is 292 g/mol. The van der Waals surface area contributed by atoms with Gasteiger partial charge in [0, 0.05) is 36.5 Å². The van der Waals surface area contributed by atoms with Gasteiger partial charge in [0.05, 0.1) is 7.11 Å². The van der Waals surface area contributed by atoms with E-state index in [2.05, 4.69) is 29.3 Å². The number of nitrogens with zero attached hydrogens (tertiary/aromatic N) is 1. The lowest BCUT2D eigenvalue weighted by Gasteiger charge is -2.31. The largest absolute Gasteiger partial charge is 0.496 e. The van der Waals surface area contributed by atoms with E-state index in [0.29, 0.717) is 6.04 Å². The molecule has 2 rings (SSSR count). The minimum Gasteiger partial charge on any atom is -0.496 e. The van der Waals surface area contributed by atoms with Crippen molar-refractivity contribution in [2.45, 2.75) is 44.7 Å². The van der Waals surface area contributed by atoms with Crippen molar-refractivity contribution in [3.63, 3.8) is 0 Å². The number of ether oxygens (including phenoxy) is 1. The fraction of sp³-hybridized carbons (Fsp3) is 0.647. The molecule has 0 radical (unpaired) electrons. The molecular formula is C17H28N2O2. The lowest BCUT2D eigenvalue weighted by molar-refractivity contribution is 0.279. The first-order valence-electron chi connectivity index (χ1n) is 7.94. The van der Waals surface area contributed by atoms with E-state index in [0.717, 1.165) is 25.1 Å². The number of aliphatic hydroxyl groups is 1. The number of rotatable bonds is 7. The molecule has 1 heterocycles. The Morgan fingerprint density at radius 3 is 2.95 bits per heavy atom. The number of benzene rings is 1. The zero-order chi connectivity index (χ0) is 15.2. The van der Waals surface area contributed by atoms with Gasteiger partial charge in [-0.2, -0.15) is 0 Å². The summed E-state index contributed by atoms with van der Waals surface area (Å²) in [5, 5.41) is 12.4. The Hall–Kier alpha value is -1.26. The first-order valence-corrected chi connectivity index (χ1v) is 7.94. The first kappa shape index (κ1) is 16.1. The highest BCUT2D eigenvalue weighted by molar-refractivity contribution is 5.62. The molecule has 0 amide bonds. The molecule has 1 aliphatic rings. The summed E-state index contributed by atoms with van der Waals surface area (Å²) in [4.78, 5) is 2.50. The minimum atomic E-state index is 0.246. The van der Waals surface area contributed by atoms with Crippen LogP contribution in [0.25, 0.3) is 0 Å². The van der Waals surface area contributed by atoms with Gasteiger partial charge in [-0.15, -0.1) is 0 Å². The van der Waals surface area contributed by atoms with Gasteiger partial charge in [0.2, 0.25) is 0 Å². The van der Waals surface area contributed by atoms with Gasteiger partial charge in [-0.1, -0.05) is 6.07 Å². The molecule has 4 nitrogen and oxygen atoms in total. The van der Waals surface area contributed by atoms with Crippen molar-refractivity contribution in [1.29, 1.82) is 0 Å². The van der Waals surface area contributed by atoms with E-state index in [4.69, 9.17) is 9.84 Å². The fourth-order valence-electron chi connectivity index (χ4n) is 3.32. The molecule has 1 fully saturated rings. The Morgan fingerprint density at radius 1 is 1.48 bits per heavy atom. The van der Waals surface area contributed by atoms with E-state index in [-0.39, 0.29) is 12.6 Å². The highest BCUT2D eigenvalue weighted by atomic mass is 16.5. The quantitative estimate of drug-likeness (QED) is 0.811. The van der Waals surface area contributed by atoms with Crippen LogP contribution in [0.5, 0.6) is 5.75 Å². The van der Waals surface area contributed by atoms with Crippen LogP contribution < -0.4 is 15.0 Å². The van der Waals surface area contributed by atoms with Crippen LogP contribution in [0.3, 0.4) is 0 Å². The second kappa shape index (κ2) is 7.66. The Labute approximate surface area is 128 Å². The summed E-state index contributed by atoms with van der Waals surface area (Å²) in [6, 6.07) is 7.08. The van der Waals surface area contributed by atoms with E-state index < -0.39 is 0 Å². The monoisotopic (exact) mass is 292 g/mol. The summed E-state index contributed by atoms with van der Waals surface area (Å²) < 4.78 is 5.58. The molecule has 1 aromatic carbocycles. The molecule has 1 aromatic rings. The minimum absolute atomic E-state index is 0.246. The Morgan fingerprint density at radius 2 is 2.29 bits per heavy atom. The first-order chi connectivity index (χ1) is 10.2. The zero-order valence-corrected chi connectivity index (χ0v) is 13.4. The van der Waals surface area contributed by atoms with E-state index in [9.17, 15) is 0 Å². The van der Waals surface area contributed by atoms with Crippen molar-refractivity contribution < 1.29 is 9.84 Å². The number of methoxy groups -OCH3 is 1. The molecule has 0 aromatic heterocycles. The second-order valence-electron chi connectivity index (χ2n) is 5.76. The molecule has 2 unspecified atom stereocenters. The van der Waals surface area contributed by atoms with Gasteiger partial charge in [-0.05, 0) is 51.8 Å². The van der Waals surface area contributed by atoms with Crippen LogP contribution in [-0.4, -0.2) is 38.5 Å². The van der Waals surface area contributed by atoms with Crippen LogP contribution in [0.4, 0.5) is 5.69 Å². The SMILES string of the molecule is CNC(C)c1c(OC)cccc1N1CCCC1CCCO. The van der Waals surface area contributed by atoms with Crippen molar-refractivity contribution in [1.82, 2.24) is 5.32 Å². The lowest BCUT2D eigenvalue weighted by atomic mass is 10.0. The van der Waals surface area contributed by atoms with Crippen molar-refractivity contribution in [2.24, 2.45) is 0 Å². The number of anilines is 1. The topological polar surface area (TPSA) is 44.7 Å². The van der Waals surface area contributed by atoms with Crippen LogP contribution in [0.2, 0.25) is 0 Å². The standard InChI is InChI=1S/C17H28N2O2/c1-13(18-2)17-15(9-4-10-16(17)21-3)19-11-5-7-14(19)8-6-12-20/h4,9-10,13-14,18,20H,5-8,11-12H2,1-3H3. The van der Waals surface area contributed by atoms with Gasteiger partial charge in [0.25, 0.3) is 0 Å². The normalized spacial score (nSPS) is 19.8. The molecule has 2 N–H and O–H groups in total. The molecule has 118 valence electrons. The predicted molar refractivity (Wildman–Crippen MR) is 87.2 cm³/mol. The van der Waals surface area contributed by atoms with Crippen molar-refractivity contribution in [3.8, 4) is 5.75 Å². The summed E-state index contributed by atoms with van der Waals surface area (Å²) in [7, 11) is 3.71. The van der Waals surface area contributed by atoms with E-state index in [1.54, 1.807) is 7.11 Å². The third-order valence-corrected chi connectivity index (χ3v) is 4.51. The Bertz CT molecular complexity index is 450. The summed E-state index contributed by atoms with van der Waals surface area (Å²) in [5.41, 5.74) is 2.51. The molecule has 0 bridgehead atoms. The smallest absolute Gasteiger partial charge is 0.125 e. The summed E-state index contributed by atoms with van der Waals surface area (Å²) in [5.74, 6) is 0.946. The molecule has 0 saturated carbocycles. The Balaban J connectivity index is 2.33. The zero-order valence-electron chi connectivity index (χ0n) is 13.4. The molecule has 1 saturated heterocycles. The van der Waals surface area contributed by atoms with Gasteiger partial charge >= 0.3 is 0 Å². The van der Waals surface area contributed by atoms with Gasteiger partial charge in [-0.25, -0.2) is 0 Å². The van der Waals surface area contributed by atoms with Gasteiger partial charge in [0.1, 0.15) is 5.75 Å². The van der Waals surface area contributed by atoms with Gasteiger partial charge in [0.15, 0.2) is 0 Å². The molecule has 21 heavy (non-hydrogen) atoms. The summed E-state index contributed by atoms with van der Waals surface area (Å²) >= 11 is 0. The molecule has 0 aliphatic carbocycles. The van der Waals surface area contributed by atoms with Crippen LogP contribution in [0, 0.1) is 0 Å². The van der Waals surface area contributed by atoms with Gasteiger partial charge < -0.3 is 20.1 Å². The highest BCUT2D eigenvalue weighted by Crippen LogP contribution is 2.38. The molecule has 1 aliphatic heterocycles. The summed E-state index contributed by atoms with van der Waals surface area (Å²) in [6.07, 6.45) is 4.37. The maximum atomic E-state index is 9.10. The van der Waals surface area contributed by atoms with Crippen LogP contribution in [-0.2, 0) is 0 Å². The van der Waals surface area contributed by atoms with E-state index in [1.807, 2.05) is 13.1 Å². The third kappa shape index (κ3) is 3.50. The second-order valence-corrected chi connectivity index (χ2v) is 5.76. The van der Waals surface area contributed by atoms with Gasteiger partial charge in [-0.3, -0.25) is 0 Å². The highest BCUT2D eigenvalue weighted by Gasteiger charge is 2.28. The summed E-state index contributed by atoms with van der Waals surface area (Å²) in [6.45, 7) is 3.54. The number of aliphatic hydroxyl groups excluding tert-OH is 1. The lowest BCUT2D eigenvalue weighted by Crippen LogP contribution is -2.31. The van der Waals surface area contributed by atoms with Crippen LogP contribution >= 0.6 is 0 Å². The molecule has 0 spiro atoms. The number of hydrogen-bond donors (Lipinski definition) is 2. The fourth-order valence-corrected chi connectivity index (χ4v) is 3.32. The third-order valence-electron chi connectivity index (χ3n) is 4.51. The molecule has 4 heteroatoms. The number of nitrogens with one attached hydrogen (secondary N) is 1. The van der Waals surface area contributed by atoms with E-state index >= 15 is 0 Å². The molecular weight excluding hydrogens is 264 g/mol. The van der Waals surface area contributed by atoms with Crippen molar-refractivity contribution >= 4 is 5.69 Å². The predicted octanol–water partition coefficient (Wildman–Crippen LogP) is 2.72. The number of hydrogen-bond acceptors (Lipinski definition) is 4. The Kier molecular flexibility index (Phi) is 5.88. The van der Waals surface area contributed by atoms with E-state index in [1.165, 1.54) is 24.1 Å².